The Morgan fingerprint density at radius 2 is 2.36 bits per heavy atom. The summed E-state index contributed by atoms with van der Waals surface area (Å²) in [6, 6.07) is 0.432. The minimum Gasteiger partial charge on any atom is -0.441 e. The first kappa shape index (κ1) is 9.77. The molecule has 0 spiro atoms. The molecule has 1 aliphatic carbocycles. The molecule has 2 aliphatic rings. The van der Waals surface area contributed by atoms with E-state index in [-0.39, 0.29) is 11.7 Å². The molecule has 0 radical (unpaired) electrons. The fraction of sp³-hybridized carbons (Fsp3) is 0.900. The molecule has 1 aliphatic heterocycles. The van der Waals surface area contributed by atoms with E-state index >= 15 is 0 Å². The van der Waals surface area contributed by atoms with Crippen molar-refractivity contribution >= 4 is 6.09 Å². The summed E-state index contributed by atoms with van der Waals surface area (Å²) in [5, 5.41) is 0. The predicted octanol–water partition coefficient (Wildman–Crippen LogP) is 1.10. The highest BCUT2D eigenvalue weighted by atomic mass is 16.6. The number of nitrogens with two attached hydrogens (primary N) is 1. The number of rotatable bonds is 3. The number of carbonyl (C=O) groups excluding carboxylic acids is 1. The van der Waals surface area contributed by atoms with Gasteiger partial charge in [0.05, 0.1) is 6.54 Å². The summed E-state index contributed by atoms with van der Waals surface area (Å²) in [5.41, 5.74) is 5.15. The zero-order valence-corrected chi connectivity index (χ0v) is 8.66. The van der Waals surface area contributed by atoms with Gasteiger partial charge in [-0.15, -0.1) is 0 Å². The van der Waals surface area contributed by atoms with E-state index in [1.807, 2.05) is 11.8 Å². The maximum atomic E-state index is 11.6. The summed E-state index contributed by atoms with van der Waals surface area (Å²) in [5.74, 6) is 0. The van der Waals surface area contributed by atoms with Gasteiger partial charge in [-0.3, -0.25) is 0 Å². The summed E-state index contributed by atoms with van der Waals surface area (Å²) in [6.07, 6.45) is 4.11. The van der Waals surface area contributed by atoms with Crippen molar-refractivity contribution in [2.45, 2.75) is 44.2 Å². The third kappa shape index (κ3) is 1.59. The van der Waals surface area contributed by atoms with Gasteiger partial charge in [-0.2, -0.15) is 0 Å². The van der Waals surface area contributed by atoms with Crippen LogP contribution in [0.2, 0.25) is 0 Å². The molecule has 2 rings (SSSR count). The van der Waals surface area contributed by atoms with E-state index < -0.39 is 0 Å². The standard InChI is InChI=1S/C10H18N2O2/c1-10(5-6-11)7-12(9(13)14-10)8-3-2-4-8/h8H,2-7,11H2,1H3. The molecule has 0 bridgehead atoms. The quantitative estimate of drug-likeness (QED) is 0.738. The second-order valence-corrected chi connectivity index (χ2v) is 4.57. The molecule has 1 atom stereocenters. The van der Waals surface area contributed by atoms with Gasteiger partial charge in [0, 0.05) is 12.5 Å². The number of nitrogens with zero attached hydrogens (tertiary/aromatic N) is 1. The first-order valence-corrected chi connectivity index (χ1v) is 5.34. The molecule has 1 saturated heterocycles. The van der Waals surface area contributed by atoms with Crippen LogP contribution in [0.5, 0.6) is 0 Å². The summed E-state index contributed by atoms with van der Waals surface area (Å²) in [6.45, 7) is 3.26. The lowest BCUT2D eigenvalue weighted by Crippen LogP contribution is -2.42. The van der Waals surface area contributed by atoms with Crippen LogP contribution in [0.1, 0.15) is 32.6 Å². The van der Waals surface area contributed by atoms with Crippen LogP contribution < -0.4 is 5.73 Å². The molecule has 0 aromatic carbocycles. The van der Waals surface area contributed by atoms with Gasteiger partial charge in [-0.05, 0) is 32.7 Å². The second kappa shape index (κ2) is 3.42. The number of hydrogen-bond acceptors (Lipinski definition) is 3. The fourth-order valence-corrected chi connectivity index (χ4v) is 2.14. The van der Waals surface area contributed by atoms with Gasteiger partial charge in [0.25, 0.3) is 0 Å². The van der Waals surface area contributed by atoms with Crippen molar-refractivity contribution in [2.75, 3.05) is 13.1 Å². The molecule has 4 nitrogen and oxygen atoms in total. The van der Waals surface area contributed by atoms with Crippen LogP contribution in [0.25, 0.3) is 0 Å². The first-order valence-electron chi connectivity index (χ1n) is 5.34. The molecule has 1 heterocycles. The minimum absolute atomic E-state index is 0.148. The van der Waals surface area contributed by atoms with Crippen LogP contribution in [0.3, 0.4) is 0 Å². The lowest BCUT2D eigenvalue weighted by atomic mass is 9.91. The zero-order chi connectivity index (χ0) is 10.2. The average Bonchev–Trinajstić information content (AvgIpc) is 2.24. The van der Waals surface area contributed by atoms with Gasteiger partial charge in [0.2, 0.25) is 0 Å². The molecule has 4 heteroatoms. The molecule has 14 heavy (non-hydrogen) atoms. The molecule has 1 saturated carbocycles. The summed E-state index contributed by atoms with van der Waals surface area (Å²) in [7, 11) is 0. The summed E-state index contributed by atoms with van der Waals surface area (Å²) >= 11 is 0. The maximum absolute atomic E-state index is 11.6. The Bertz CT molecular complexity index is 240. The number of carbonyl (C=O) groups is 1. The Morgan fingerprint density at radius 3 is 2.86 bits per heavy atom. The van der Waals surface area contributed by atoms with E-state index in [0.29, 0.717) is 19.1 Å². The van der Waals surface area contributed by atoms with Crippen LogP contribution in [0.4, 0.5) is 4.79 Å². The van der Waals surface area contributed by atoms with Gasteiger partial charge in [0.1, 0.15) is 5.60 Å². The van der Waals surface area contributed by atoms with E-state index in [0.717, 1.165) is 19.3 Å². The molecule has 1 amide bonds. The SMILES string of the molecule is CC1(CCN)CN(C2CCC2)C(=O)O1. The minimum atomic E-state index is -0.346. The lowest BCUT2D eigenvalue weighted by Gasteiger charge is -2.33. The van der Waals surface area contributed by atoms with Crippen molar-refractivity contribution in [1.82, 2.24) is 4.90 Å². The molecular weight excluding hydrogens is 180 g/mol. The van der Waals surface area contributed by atoms with Crippen LogP contribution in [-0.4, -0.2) is 35.7 Å². The molecule has 2 N–H and O–H groups in total. The Morgan fingerprint density at radius 1 is 1.64 bits per heavy atom. The Labute approximate surface area is 84.4 Å². The van der Waals surface area contributed by atoms with Crippen molar-refractivity contribution < 1.29 is 9.53 Å². The number of ether oxygens (including phenoxy) is 1. The lowest BCUT2D eigenvalue weighted by molar-refractivity contribution is 0.0665. The maximum Gasteiger partial charge on any atom is 0.410 e. The fourth-order valence-electron chi connectivity index (χ4n) is 2.14. The highest BCUT2D eigenvalue weighted by Crippen LogP contribution is 2.33. The molecule has 2 fully saturated rings. The average molecular weight is 198 g/mol. The molecule has 1 unspecified atom stereocenters. The highest BCUT2D eigenvalue weighted by Gasteiger charge is 2.44. The van der Waals surface area contributed by atoms with Crippen LogP contribution in [0.15, 0.2) is 0 Å². The van der Waals surface area contributed by atoms with Gasteiger partial charge in [-0.1, -0.05) is 0 Å². The molecule has 0 aromatic heterocycles. The molecule has 0 aromatic rings. The van der Waals surface area contributed by atoms with Crippen molar-refractivity contribution in [1.29, 1.82) is 0 Å². The second-order valence-electron chi connectivity index (χ2n) is 4.57. The topological polar surface area (TPSA) is 55.6 Å². The van der Waals surface area contributed by atoms with Crippen LogP contribution in [-0.2, 0) is 4.74 Å². The Hall–Kier alpha value is -0.770. The van der Waals surface area contributed by atoms with Gasteiger partial charge in [-0.25, -0.2) is 4.79 Å². The van der Waals surface area contributed by atoms with Crippen LogP contribution >= 0.6 is 0 Å². The third-order valence-corrected chi connectivity index (χ3v) is 3.26. The third-order valence-electron chi connectivity index (χ3n) is 3.26. The van der Waals surface area contributed by atoms with Crippen molar-refractivity contribution in [2.24, 2.45) is 5.73 Å². The number of cyclic esters (lactones) is 1. The zero-order valence-electron chi connectivity index (χ0n) is 8.66. The monoisotopic (exact) mass is 198 g/mol. The van der Waals surface area contributed by atoms with Gasteiger partial charge < -0.3 is 15.4 Å². The molecule has 80 valence electrons. The van der Waals surface area contributed by atoms with E-state index in [1.54, 1.807) is 0 Å². The highest BCUT2D eigenvalue weighted by molar-refractivity contribution is 5.71. The Kier molecular flexibility index (Phi) is 2.39. The largest absolute Gasteiger partial charge is 0.441 e. The molecular formula is C10H18N2O2. The number of amides is 1. The Balaban J connectivity index is 1.98. The van der Waals surface area contributed by atoms with Crippen molar-refractivity contribution in [3.05, 3.63) is 0 Å². The summed E-state index contributed by atoms with van der Waals surface area (Å²) < 4.78 is 5.37. The van der Waals surface area contributed by atoms with Crippen molar-refractivity contribution in [3.63, 3.8) is 0 Å². The first-order chi connectivity index (χ1) is 6.64. The van der Waals surface area contributed by atoms with E-state index in [4.69, 9.17) is 10.5 Å². The van der Waals surface area contributed by atoms with Gasteiger partial charge >= 0.3 is 6.09 Å². The van der Waals surface area contributed by atoms with E-state index in [9.17, 15) is 4.79 Å². The van der Waals surface area contributed by atoms with E-state index in [2.05, 4.69) is 0 Å². The van der Waals surface area contributed by atoms with Crippen LogP contribution in [0, 0.1) is 0 Å². The number of hydrogen-bond donors (Lipinski definition) is 1. The van der Waals surface area contributed by atoms with Crippen molar-refractivity contribution in [3.8, 4) is 0 Å². The van der Waals surface area contributed by atoms with Gasteiger partial charge in [0.15, 0.2) is 0 Å². The smallest absolute Gasteiger partial charge is 0.410 e. The summed E-state index contributed by atoms with van der Waals surface area (Å²) in [4.78, 5) is 13.4. The normalized spacial score (nSPS) is 33.0. The van der Waals surface area contributed by atoms with E-state index in [1.165, 1.54) is 6.42 Å². The predicted molar refractivity (Wildman–Crippen MR) is 52.9 cm³/mol.